The summed E-state index contributed by atoms with van der Waals surface area (Å²) in [4.78, 5) is 15.1. The Morgan fingerprint density at radius 2 is 2.40 bits per heavy atom. The molecule has 0 aliphatic carbocycles. The van der Waals surface area contributed by atoms with Crippen LogP contribution in [0, 0.1) is 0 Å². The zero-order chi connectivity index (χ0) is 11.1. The topological polar surface area (TPSA) is 88.2 Å². The van der Waals surface area contributed by atoms with Crippen LogP contribution in [0.15, 0.2) is 30.6 Å². The molecular weight excluding hydrogens is 194 g/mol. The van der Waals surface area contributed by atoms with Crippen molar-refractivity contribution in [3.05, 3.63) is 36.2 Å². The van der Waals surface area contributed by atoms with Crippen molar-refractivity contribution in [2.24, 2.45) is 5.73 Å². The van der Waals surface area contributed by atoms with E-state index in [2.05, 4.69) is 10.3 Å². The summed E-state index contributed by atoms with van der Waals surface area (Å²) in [7, 11) is 0. The van der Waals surface area contributed by atoms with Crippen molar-refractivity contribution in [3.63, 3.8) is 0 Å². The van der Waals surface area contributed by atoms with Crippen molar-refractivity contribution in [3.8, 4) is 5.75 Å². The standard InChI is InChI=1S/C10H13N3O2/c11-4-1-2-5-13-10(15)8-3-6-12-7-9(8)14/h1-3,6-7,14H,4-5,11H2,(H,13,15)/b2-1+. The highest BCUT2D eigenvalue weighted by molar-refractivity contribution is 5.96. The van der Waals surface area contributed by atoms with Crippen molar-refractivity contribution < 1.29 is 9.90 Å². The number of hydrogen-bond acceptors (Lipinski definition) is 4. The zero-order valence-corrected chi connectivity index (χ0v) is 8.18. The molecule has 0 saturated heterocycles. The van der Waals surface area contributed by atoms with Crippen LogP contribution in [0.1, 0.15) is 10.4 Å². The molecule has 80 valence electrons. The van der Waals surface area contributed by atoms with Gasteiger partial charge in [-0.15, -0.1) is 0 Å². The number of aromatic hydroxyl groups is 1. The molecule has 0 unspecified atom stereocenters. The quantitative estimate of drug-likeness (QED) is 0.608. The number of carbonyl (C=O) groups excluding carboxylic acids is 1. The summed E-state index contributed by atoms with van der Waals surface area (Å²) < 4.78 is 0. The normalized spacial score (nSPS) is 10.5. The SMILES string of the molecule is NC/C=C/CNC(=O)c1ccncc1O. The van der Waals surface area contributed by atoms with Gasteiger partial charge in [0.1, 0.15) is 5.75 Å². The van der Waals surface area contributed by atoms with E-state index in [-0.39, 0.29) is 17.2 Å². The van der Waals surface area contributed by atoms with Crippen LogP contribution in [-0.2, 0) is 0 Å². The van der Waals surface area contributed by atoms with Crippen LogP contribution in [-0.4, -0.2) is 29.1 Å². The number of nitrogens with one attached hydrogen (secondary N) is 1. The van der Waals surface area contributed by atoms with E-state index >= 15 is 0 Å². The third kappa shape index (κ3) is 3.40. The molecular formula is C10H13N3O2. The maximum absolute atomic E-state index is 11.5. The number of hydrogen-bond donors (Lipinski definition) is 3. The summed E-state index contributed by atoms with van der Waals surface area (Å²) in [6, 6.07) is 1.46. The van der Waals surface area contributed by atoms with E-state index in [9.17, 15) is 9.90 Å². The van der Waals surface area contributed by atoms with E-state index in [0.29, 0.717) is 13.1 Å². The second kappa shape index (κ2) is 5.77. The minimum absolute atomic E-state index is 0.127. The summed E-state index contributed by atoms with van der Waals surface area (Å²) in [5, 5.41) is 11.9. The molecule has 4 N–H and O–H groups in total. The van der Waals surface area contributed by atoms with Gasteiger partial charge >= 0.3 is 0 Å². The number of rotatable bonds is 4. The molecule has 0 atom stereocenters. The van der Waals surface area contributed by atoms with Crippen LogP contribution < -0.4 is 11.1 Å². The third-order valence-corrected chi connectivity index (χ3v) is 1.73. The maximum Gasteiger partial charge on any atom is 0.255 e. The highest BCUT2D eigenvalue weighted by Crippen LogP contribution is 2.12. The first-order valence-corrected chi connectivity index (χ1v) is 4.52. The zero-order valence-electron chi connectivity index (χ0n) is 8.18. The number of pyridine rings is 1. The minimum atomic E-state index is -0.337. The second-order valence-electron chi connectivity index (χ2n) is 2.81. The predicted molar refractivity (Wildman–Crippen MR) is 56.4 cm³/mol. The molecule has 1 amide bonds. The van der Waals surface area contributed by atoms with E-state index in [0.717, 1.165) is 0 Å². The molecule has 0 fully saturated rings. The van der Waals surface area contributed by atoms with Crippen LogP contribution >= 0.6 is 0 Å². The Balaban J connectivity index is 2.54. The summed E-state index contributed by atoms with van der Waals surface area (Å²) in [6.07, 6.45) is 6.16. The number of nitrogens with zero attached hydrogens (tertiary/aromatic N) is 1. The van der Waals surface area contributed by atoms with Crippen LogP contribution in [0.2, 0.25) is 0 Å². The molecule has 0 radical (unpaired) electrons. The van der Waals surface area contributed by atoms with Gasteiger partial charge in [-0.25, -0.2) is 0 Å². The third-order valence-electron chi connectivity index (χ3n) is 1.73. The second-order valence-corrected chi connectivity index (χ2v) is 2.81. The van der Waals surface area contributed by atoms with E-state index in [4.69, 9.17) is 5.73 Å². The Bertz CT molecular complexity index is 363. The highest BCUT2D eigenvalue weighted by Gasteiger charge is 2.08. The van der Waals surface area contributed by atoms with E-state index in [1.165, 1.54) is 18.5 Å². The van der Waals surface area contributed by atoms with Gasteiger partial charge in [-0.1, -0.05) is 12.2 Å². The molecule has 0 bridgehead atoms. The van der Waals surface area contributed by atoms with Crippen molar-refractivity contribution >= 4 is 5.91 Å². The lowest BCUT2D eigenvalue weighted by Crippen LogP contribution is -2.23. The first kappa shape index (κ1) is 11.2. The lowest BCUT2D eigenvalue weighted by molar-refractivity contribution is 0.0955. The molecule has 0 aliphatic heterocycles. The molecule has 0 aliphatic rings. The Labute approximate surface area is 87.6 Å². The van der Waals surface area contributed by atoms with Crippen LogP contribution in [0.3, 0.4) is 0 Å². The van der Waals surface area contributed by atoms with E-state index in [1.807, 2.05) is 0 Å². The fraction of sp³-hybridized carbons (Fsp3) is 0.200. The number of amides is 1. The first-order valence-electron chi connectivity index (χ1n) is 4.52. The average molecular weight is 207 g/mol. The smallest absolute Gasteiger partial charge is 0.255 e. The molecule has 1 aromatic rings. The molecule has 1 rings (SSSR count). The molecule has 15 heavy (non-hydrogen) atoms. The fourth-order valence-corrected chi connectivity index (χ4v) is 1.00. The van der Waals surface area contributed by atoms with Crippen LogP contribution in [0.25, 0.3) is 0 Å². The fourth-order valence-electron chi connectivity index (χ4n) is 1.00. The molecule has 0 spiro atoms. The summed E-state index contributed by atoms with van der Waals surface area (Å²) in [5.41, 5.74) is 5.45. The van der Waals surface area contributed by atoms with Crippen molar-refractivity contribution in [1.29, 1.82) is 0 Å². The van der Waals surface area contributed by atoms with E-state index in [1.54, 1.807) is 12.2 Å². The number of carbonyl (C=O) groups is 1. The van der Waals surface area contributed by atoms with Gasteiger partial charge in [0, 0.05) is 19.3 Å². The van der Waals surface area contributed by atoms with Crippen LogP contribution in [0.4, 0.5) is 0 Å². The molecule has 1 aromatic heterocycles. The van der Waals surface area contributed by atoms with Crippen molar-refractivity contribution in [2.45, 2.75) is 0 Å². The molecule has 0 aromatic carbocycles. The van der Waals surface area contributed by atoms with Gasteiger partial charge in [0.25, 0.3) is 5.91 Å². The Morgan fingerprint density at radius 3 is 3.07 bits per heavy atom. The van der Waals surface area contributed by atoms with Gasteiger partial charge in [0.2, 0.25) is 0 Å². The predicted octanol–water partition coefficient (Wildman–Crippen LogP) is 0.0319. The molecule has 1 heterocycles. The van der Waals surface area contributed by atoms with Gasteiger partial charge < -0.3 is 16.2 Å². The summed E-state index contributed by atoms with van der Waals surface area (Å²) in [6.45, 7) is 0.828. The minimum Gasteiger partial charge on any atom is -0.505 e. The van der Waals surface area contributed by atoms with Gasteiger partial charge in [0.15, 0.2) is 0 Å². The molecule has 5 heteroatoms. The molecule has 0 saturated carbocycles. The Hall–Kier alpha value is -1.88. The van der Waals surface area contributed by atoms with Crippen molar-refractivity contribution in [2.75, 3.05) is 13.1 Å². The lowest BCUT2D eigenvalue weighted by Gasteiger charge is -2.03. The average Bonchev–Trinajstić information content (AvgIpc) is 2.25. The largest absolute Gasteiger partial charge is 0.505 e. The van der Waals surface area contributed by atoms with Crippen molar-refractivity contribution in [1.82, 2.24) is 10.3 Å². The Morgan fingerprint density at radius 1 is 1.60 bits per heavy atom. The van der Waals surface area contributed by atoms with Gasteiger partial charge in [-0.2, -0.15) is 0 Å². The van der Waals surface area contributed by atoms with Crippen LogP contribution in [0.5, 0.6) is 5.75 Å². The number of nitrogens with two attached hydrogens (primary N) is 1. The van der Waals surface area contributed by atoms with Gasteiger partial charge in [-0.05, 0) is 6.07 Å². The lowest BCUT2D eigenvalue weighted by atomic mass is 10.2. The number of aromatic nitrogens is 1. The summed E-state index contributed by atoms with van der Waals surface area (Å²) >= 11 is 0. The van der Waals surface area contributed by atoms with Gasteiger partial charge in [0.05, 0.1) is 11.8 Å². The summed E-state index contributed by atoms with van der Waals surface area (Å²) in [5.74, 6) is -0.464. The Kier molecular flexibility index (Phi) is 4.30. The monoisotopic (exact) mass is 207 g/mol. The highest BCUT2D eigenvalue weighted by atomic mass is 16.3. The maximum atomic E-state index is 11.5. The first-order chi connectivity index (χ1) is 7.25. The molecule has 5 nitrogen and oxygen atoms in total. The van der Waals surface area contributed by atoms with E-state index < -0.39 is 0 Å². The van der Waals surface area contributed by atoms with Gasteiger partial charge in [-0.3, -0.25) is 9.78 Å².